The van der Waals surface area contributed by atoms with E-state index in [4.69, 9.17) is 9.47 Å². The molecule has 0 amide bonds. The van der Waals surface area contributed by atoms with Gasteiger partial charge in [-0.1, -0.05) is 24.3 Å². The molecule has 3 aliphatic heterocycles. The number of nitrogens with one attached hydrogen (secondary N) is 1. The highest BCUT2D eigenvalue weighted by Gasteiger charge is 2.49. The first-order valence-corrected chi connectivity index (χ1v) is 13.8. The molecule has 36 heavy (non-hydrogen) atoms. The number of thiophene rings is 2. The lowest BCUT2D eigenvalue weighted by molar-refractivity contribution is -0.938. The smallest absolute Gasteiger partial charge is 0.348 e. The third kappa shape index (κ3) is 5.09. The molecule has 2 aromatic heterocycles. The lowest BCUT2D eigenvalue weighted by Crippen LogP contribution is -2.65. The minimum absolute atomic E-state index is 0.153. The Kier molecular flexibility index (Phi) is 7.22. The molecule has 2 atom stereocenters. The van der Waals surface area contributed by atoms with E-state index in [1.54, 1.807) is 11.4 Å². The maximum atomic E-state index is 13.7. The van der Waals surface area contributed by atoms with Crippen molar-refractivity contribution < 1.29 is 28.3 Å². The van der Waals surface area contributed by atoms with E-state index in [-0.39, 0.29) is 17.8 Å². The number of quaternary nitrogens is 1. The van der Waals surface area contributed by atoms with E-state index in [1.165, 1.54) is 29.8 Å². The summed E-state index contributed by atoms with van der Waals surface area (Å²) >= 11 is 2.71. The Bertz CT molecular complexity index is 1220. The Morgan fingerprint density at radius 1 is 1.03 bits per heavy atom. The second-order valence-corrected chi connectivity index (χ2v) is 11.3. The zero-order valence-electron chi connectivity index (χ0n) is 20.1. The van der Waals surface area contributed by atoms with Crippen molar-refractivity contribution >= 4 is 46.1 Å². The average Bonchev–Trinajstić information content (AvgIpc) is 3.61. The third-order valence-corrected chi connectivity index (χ3v) is 9.10. The number of nitrogens with zero attached hydrogens (tertiary/aromatic N) is 1. The zero-order valence-corrected chi connectivity index (χ0v) is 21.7. The Hall–Kier alpha value is -3.01. The van der Waals surface area contributed by atoms with Crippen LogP contribution in [0.4, 0.5) is 5.69 Å². The van der Waals surface area contributed by atoms with Crippen molar-refractivity contribution in [3.8, 4) is 0 Å². The van der Waals surface area contributed by atoms with Gasteiger partial charge in [-0.25, -0.2) is 9.59 Å². The van der Waals surface area contributed by atoms with Crippen LogP contribution in [0.25, 0.3) is 0 Å². The number of methoxy groups -OCH3 is 1. The summed E-state index contributed by atoms with van der Waals surface area (Å²) < 4.78 is 11.8. The maximum Gasteiger partial charge on any atom is 0.348 e. The van der Waals surface area contributed by atoms with E-state index in [9.17, 15) is 14.4 Å². The minimum Gasteiger partial charge on any atom is -0.465 e. The number of piperidine rings is 3. The number of para-hydroxylation sites is 1. The molecule has 3 aromatic rings. The van der Waals surface area contributed by atoms with Crippen LogP contribution in [-0.4, -0.2) is 61.6 Å². The van der Waals surface area contributed by atoms with Crippen LogP contribution in [0.3, 0.4) is 0 Å². The van der Waals surface area contributed by atoms with Gasteiger partial charge in [-0.2, -0.15) is 0 Å². The van der Waals surface area contributed by atoms with Crippen LogP contribution in [0.2, 0.25) is 0 Å². The normalized spacial score (nSPS) is 23.6. The number of hydrogen-bond acceptors (Lipinski definition) is 8. The van der Waals surface area contributed by atoms with Crippen molar-refractivity contribution in [2.45, 2.75) is 25.0 Å². The summed E-state index contributed by atoms with van der Waals surface area (Å²) in [4.78, 5) is 40.1. The van der Waals surface area contributed by atoms with Crippen LogP contribution in [0, 0.1) is 5.92 Å². The molecular weight excluding hydrogens is 496 g/mol. The molecule has 0 aliphatic carbocycles. The monoisotopic (exact) mass is 525 g/mol. The Morgan fingerprint density at radius 3 is 2.50 bits per heavy atom. The molecule has 1 N–H and O–H groups in total. The second-order valence-electron chi connectivity index (χ2n) is 9.48. The van der Waals surface area contributed by atoms with E-state index in [2.05, 4.69) is 5.32 Å². The van der Waals surface area contributed by atoms with E-state index in [0.717, 1.165) is 36.5 Å². The number of Topliss-reactive ketones (excluding diaryl/α,β-unsaturated/α-hetero) is 1. The molecule has 2 bridgehead atoms. The number of ketones is 1. The summed E-state index contributed by atoms with van der Waals surface area (Å²) in [6, 6.07) is 14.1. The Balaban J connectivity index is 1.35. The first-order chi connectivity index (χ1) is 17.5. The molecule has 188 valence electrons. The number of benzene rings is 1. The van der Waals surface area contributed by atoms with Crippen LogP contribution in [-0.2, 0) is 14.3 Å². The highest BCUT2D eigenvalue weighted by atomic mass is 32.1. The van der Waals surface area contributed by atoms with Gasteiger partial charge in [-0.05, 0) is 35.0 Å². The third-order valence-electron chi connectivity index (χ3n) is 7.28. The van der Waals surface area contributed by atoms with Crippen LogP contribution >= 0.6 is 22.7 Å². The summed E-state index contributed by atoms with van der Waals surface area (Å²) in [6.45, 7) is 2.93. The molecule has 6 rings (SSSR count). The predicted octanol–water partition coefficient (Wildman–Crippen LogP) is 4.78. The number of carbonyl (C=O) groups excluding carboxylic acids is 3. The topological polar surface area (TPSA) is 81.7 Å². The van der Waals surface area contributed by atoms with E-state index >= 15 is 0 Å². The number of hydrogen-bond donors (Lipinski definition) is 1. The Morgan fingerprint density at radius 2 is 1.81 bits per heavy atom. The minimum atomic E-state index is -0.857. The van der Waals surface area contributed by atoms with Crippen molar-refractivity contribution in [1.29, 1.82) is 0 Å². The van der Waals surface area contributed by atoms with Crippen molar-refractivity contribution in [2.24, 2.45) is 5.92 Å². The molecule has 3 saturated heterocycles. The van der Waals surface area contributed by atoms with E-state index in [0.29, 0.717) is 28.0 Å². The first-order valence-electron chi connectivity index (χ1n) is 12.1. The van der Waals surface area contributed by atoms with E-state index in [1.807, 2.05) is 47.8 Å². The van der Waals surface area contributed by atoms with Gasteiger partial charge in [-0.3, -0.25) is 4.79 Å². The van der Waals surface area contributed by atoms with Crippen LogP contribution in [0.15, 0.2) is 59.3 Å². The number of rotatable bonds is 9. The summed E-state index contributed by atoms with van der Waals surface area (Å²) in [5.41, 5.74) is 1.29. The number of anilines is 1. The standard InChI is InChI=1S/C27H29N2O5S2/c1-33-27(32)25-20(11-15-36-25)24(28-19-6-3-2-4-7-19)26(31)34-22-17-29(12-9-18(22)10-13-29)16-21(30)23-8-5-14-35-23/h2-8,11,14-15,18,22,24,28H,9-10,12-13,16-17H2,1H3/q+1. The summed E-state index contributed by atoms with van der Waals surface area (Å²) in [6.07, 6.45) is 1.59. The van der Waals surface area contributed by atoms with Crippen molar-refractivity contribution in [1.82, 2.24) is 0 Å². The lowest BCUT2D eigenvalue weighted by atomic mass is 9.83. The molecule has 0 spiro atoms. The van der Waals surface area contributed by atoms with Gasteiger partial charge in [0.1, 0.15) is 18.0 Å². The molecule has 9 heteroatoms. The molecule has 0 saturated carbocycles. The van der Waals surface area contributed by atoms with Crippen molar-refractivity contribution in [3.05, 3.63) is 74.6 Å². The fourth-order valence-electron chi connectivity index (χ4n) is 5.38. The van der Waals surface area contributed by atoms with E-state index < -0.39 is 18.0 Å². The second kappa shape index (κ2) is 10.5. The van der Waals surface area contributed by atoms with Gasteiger partial charge in [-0.15, -0.1) is 22.7 Å². The summed E-state index contributed by atoms with van der Waals surface area (Å²) in [5.74, 6) is -0.471. The molecular formula is C27H29N2O5S2+. The van der Waals surface area contributed by atoms with Gasteiger partial charge in [0.15, 0.2) is 12.1 Å². The van der Waals surface area contributed by atoms with Crippen LogP contribution < -0.4 is 5.32 Å². The lowest BCUT2D eigenvalue weighted by Gasteiger charge is -2.51. The summed E-state index contributed by atoms with van der Waals surface area (Å²) in [7, 11) is 1.33. The number of carbonyl (C=O) groups is 3. The summed E-state index contributed by atoms with van der Waals surface area (Å²) in [5, 5.41) is 6.96. The number of fused-ring (bicyclic) bond motifs is 3. The zero-order chi connectivity index (χ0) is 25.1. The molecule has 1 aromatic carbocycles. The average molecular weight is 526 g/mol. The van der Waals surface area contributed by atoms with Crippen molar-refractivity contribution in [3.63, 3.8) is 0 Å². The Labute approximate surface area is 218 Å². The molecule has 3 fully saturated rings. The number of esters is 2. The van der Waals surface area contributed by atoms with Gasteiger partial charge in [0, 0.05) is 30.0 Å². The predicted molar refractivity (Wildman–Crippen MR) is 139 cm³/mol. The van der Waals surface area contributed by atoms with Gasteiger partial charge in [0.05, 0.1) is 25.1 Å². The quantitative estimate of drug-likeness (QED) is 0.246. The van der Waals surface area contributed by atoms with Gasteiger partial charge < -0.3 is 19.3 Å². The molecule has 2 unspecified atom stereocenters. The van der Waals surface area contributed by atoms with Crippen LogP contribution in [0.5, 0.6) is 0 Å². The fourth-order valence-corrected chi connectivity index (χ4v) is 6.89. The molecule has 5 heterocycles. The maximum absolute atomic E-state index is 13.7. The van der Waals surface area contributed by atoms with Crippen LogP contribution in [0.1, 0.15) is 43.8 Å². The highest BCUT2D eigenvalue weighted by Crippen LogP contribution is 2.37. The molecule has 0 radical (unpaired) electrons. The first kappa shape index (κ1) is 24.7. The largest absolute Gasteiger partial charge is 0.465 e. The molecule has 3 aliphatic rings. The SMILES string of the molecule is COC(=O)c1sccc1C(Nc1ccccc1)C(=O)OC1C[N+]2(CC(=O)c3cccs3)CCC1CC2. The number of ether oxygens (including phenoxy) is 2. The van der Waals surface area contributed by atoms with Crippen molar-refractivity contribution in [2.75, 3.05) is 38.6 Å². The van der Waals surface area contributed by atoms with Gasteiger partial charge >= 0.3 is 11.9 Å². The fraction of sp³-hybridized carbons (Fsp3) is 0.370. The van der Waals surface area contributed by atoms with Gasteiger partial charge in [0.2, 0.25) is 5.78 Å². The highest BCUT2D eigenvalue weighted by molar-refractivity contribution is 7.12. The van der Waals surface area contributed by atoms with Gasteiger partial charge in [0.25, 0.3) is 0 Å². The molecule has 7 nitrogen and oxygen atoms in total.